The Morgan fingerprint density at radius 2 is 2.00 bits per heavy atom. The Morgan fingerprint density at radius 3 is 2.78 bits per heavy atom. The van der Waals surface area contributed by atoms with Gasteiger partial charge >= 0.3 is 0 Å². The summed E-state index contributed by atoms with van der Waals surface area (Å²) in [7, 11) is 0. The van der Waals surface area contributed by atoms with E-state index in [0.29, 0.717) is 5.92 Å². The number of aromatic nitrogens is 1. The number of rotatable bonds is 2. The molecule has 0 unspecified atom stereocenters. The van der Waals surface area contributed by atoms with E-state index in [1.165, 1.54) is 5.01 Å². The van der Waals surface area contributed by atoms with Crippen molar-refractivity contribution in [3.8, 4) is 11.3 Å². The molecule has 1 aromatic carbocycles. The van der Waals surface area contributed by atoms with E-state index in [1.807, 2.05) is 24.3 Å². The lowest BCUT2D eigenvalue weighted by atomic mass is 10.0. The molecular formula is C14H16N2OS. The zero-order valence-corrected chi connectivity index (χ0v) is 11.0. The fraction of sp³-hybridized carbons (Fsp3) is 0.357. The summed E-state index contributed by atoms with van der Waals surface area (Å²) in [5, 5.41) is 3.33. The summed E-state index contributed by atoms with van der Waals surface area (Å²) in [6.07, 6.45) is 2.16. The van der Waals surface area contributed by atoms with Crippen LogP contribution >= 0.6 is 11.3 Å². The van der Waals surface area contributed by atoms with Gasteiger partial charge in [0.05, 0.1) is 10.7 Å². The Kier molecular flexibility index (Phi) is 3.30. The van der Waals surface area contributed by atoms with Crippen molar-refractivity contribution in [3.63, 3.8) is 0 Å². The van der Waals surface area contributed by atoms with Gasteiger partial charge in [0.1, 0.15) is 0 Å². The predicted octanol–water partition coefficient (Wildman–Crippen LogP) is 3.29. The fourth-order valence-electron chi connectivity index (χ4n) is 2.27. The molecule has 1 fully saturated rings. The van der Waals surface area contributed by atoms with Crippen LogP contribution in [0.3, 0.4) is 0 Å². The highest BCUT2D eigenvalue weighted by Crippen LogP contribution is 2.33. The first-order valence-electron chi connectivity index (χ1n) is 6.22. The summed E-state index contributed by atoms with van der Waals surface area (Å²) < 4.78 is 5.39. The van der Waals surface area contributed by atoms with E-state index < -0.39 is 0 Å². The van der Waals surface area contributed by atoms with E-state index in [9.17, 15) is 0 Å². The van der Waals surface area contributed by atoms with Gasteiger partial charge in [0.15, 0.2) is 0 Å². The number of nitrogens with two attached hydrogens (primary N) is 1. The molecular weight excluding hydrogens is 244 g/mol. The van der Waals surface area contributed by atoms with Crippen LogP contribution in [0.15, 0.2) is 29.6 Å². The van der Waals surface area contributed by atoms with Gasteiger partial charge in [-0.25, -0.2) is 4.98 Å². The Bertz CT molecular complexity index is 532. The average Bonchev–Trinajstić information content (AvgIpc) is 2.90. The molecule has 0 amide bonds. The summed E-state index contributed by atoms with van der Waals surface area (Å²) in [6.45, 7) is 1.71. The molecule has 94 valence electrons. The number of hydrogen-bond acceptors (Lipinski definition) is 4. The molecule has 0 aliphatic carbocycles. The smallest absolute Gasteiger partial charge is 0.0965 e. The van der Waals surface area contributed by atoms with E-state index in [2.05, 4.69) is 5.38 Å². The number of ether oxygens (including phenoxy) is 1. The van der Waals surface area contributed by atoms with Gasteiger partial charge < -0.3 is 10.5 Å². The van der Waals surface area contributed by atoms with Crippen molar-refractivity contribution in [3.05, 3.63) is 34.7 Å². The van der Waals surface area contributed by atoms with Crippen molar-refractivity contribution < 1.29 is 4.74 Å². The standard InChI is InChI=1S/C14H16N2OS/c15-12-4-2-1-3-11(12)13-9-18-14(16-13)10-5-7-17-8-6-10/h1-4,9-10H,5-8,15H2. The number of para-hydroxylation sites is 1. The van der Waals surface area contributed by atoms with Gasteiger partial charge in [0.2, 0.25) is 0 Å². The number of nitrogen functional groups attached to an aromatic ring is 1. The minimum Gasteiger partial charge on any atom is -0.398 e. The normalized spacial score (nSPS) is 16.9. The molecule has 2 aromatic rings. The molecule has 4 heteroatoms. The number of nitrogens with zero attached hydrogens (tertiary/aromatic N) is 1. The van der Waals surface area contributed by atoms with E-state index in [1.54, 1.807) is 11.3 Å². The van der Waals surface area contributed by atoms with Gasteiger partial charge in [-0.1, -0.05) is 18.2 Å². The molecule has 1 saturated heterocycles. The van der Waals surface area contributed by atoms with Crippen LogP contribution in [0.1, 0.15) is 23.8 Å². The molecule has 1 aromatic heterocycles. The van der Waals surface area contributed by atoms with Crippen molar-refractivity contribution in [2.45, 2.75) is 18.8 Å². The highest BCUT2D eigenvalue weighted by Gasteiger charge is 2.19. The SMILES string of the molecule is Nc1ccccc1-c1csc(C2CCOCC2)n1. The summed E-state index contributed by atoms with van der Waals surface area (Å²) in [5.74, 6) is 0.558. The van der Waals surface area contributed by atoms with Crippen molar-refractivity contribution in [1.82, 2.24) is 4.98 Å². The van der Waals surface area contributed by atoms with Crippen molar-refractivity contribution in [2.24, 2.45) is 0 Å². The van der Waals surface area contributed by atoms with Gasteiger partial charge in [0, 0.05) is 35.8 Å². The number of anilines is 1. The highest BCUT2D eigenvalue weighted by molar-refractivity contribution is 7.10. The van der Waals surface area contributed by atoms with Crippen LogP contribution in [0, 0.1) is 0 Å². The molecule has 2 heterocycles. The highest BCUT2D eigenvalue weighted by atomic mass is 32.1. The molecule has 3 rings (SSSR count). The van der Waals surface area contributed by atoms with Crippen molar-refractivity contribution in [2.75, 3.05) is 18.9 Å². The van der Waals surface area contributed by atoms with Crippen LogP contribution in [-0.4, -0.2) is 18.2 Å². The zero-order chi connectivity index (χ0) is 12.4. The first-order valence-corrected chi connectivity index (χ1v) is 7.10. The zero-order valence-electron chi connectivity index (χ0n) is 10.1. The molecule has 1 aliphatic heterocycles. The lowest BCUT2D eigenvalue weighted by Crippen LogP contribution is -2.13. The predicted molar refractivity (Wildman–Crippen MR) is 74.8 cm³/mol. The second kappa shape index (κ2) is 5.08. The third kappa shape index (κ3) is 2.26. The maximum Gasteiger partial charge on any atom is 0.0965 e. The maximum atomic E-state index is 5.98. The van der Waals surface area contributed by atoms with Crippen LogP contribution in [0.4, 0.5) is 5.69 Å². The summed E-state index contributed by atoms with van der Waals surface area (Å²) in [5.41, 5.74) is 8.81. The molecule has 0 atom stereocenters. The first kappa shape index (κ1) is 11.7. The fourth-order valence-corrected chi connectivity index (χ4v) is 3.26. The molecule has 1 aliphatic rings. The van der Waals surface area contributed by atoms with Crippen LogP contribution in [0.25, 0.3) is 11.3 Å². The summed E-state index contributed by atoms with van der Waals surface area (Å²) in [4.78, 5) is 4.75. The van der Waals surface area contributed by atoms with Crippen molar-refractivity contribution in [1.29, 1.82) is 0 Å². The molecule has 2 N–H and O–H groups in total. The largest absolute Gasteiger partial charge is 0.398 e. The molecule has 3 nitrogen and oxygen atoms in total. The van der Waals surface area contributed by atoms with Gasteiger partial charge in [-0.15, -0.1) is 11.3 Å². The van der Waals surface area contributed by atoms with Crippen molar-refractivity contribution >= 4 is 17.0 Å². The van der Waals surface area contributed by atoms with Gasteiger partial charge in [-0.3, -0.25) is 0 Å². The number of thiazole rings is 1. The molecule has 18 heavy (non-hydrogen) atoms. The lowest BCUT2D eigenvalue weighted by Gasteiger charge is -2.19. The lowest BCUT2D eigenvalue weighted by molar-refractivity contribution is 0.0853. The van der Waals surface area contributed by atoms with Crippen LogP contribution < -0.4 is 5.73 Å². The third-order valence-corrected chi connectivity index (χ3v) is 4.34. The summed E-state index contributed by atoms with van der Waals surface area (Å²) >= 11 is 1.74. The molecule has 0 spiro atoms. The third-order valence-electron chi connectivity index (χ3n) is 3.33. The summed E-state index contributed by atoms with van der Waals surface area (Å²) in [6, 6.07) is 7.89. The minimum atomic E-state index is 0.558. The number of hydrogen-bond donors (Lipinski definition) is 1. The molecule has 0 saturated carbocycles. The second-order valence-corrected chi connectivity index (χ2v) is 5.43. The van der Waals surface area contributed by atoms with Gasteiger partial charge in [-0.2, -0.15) is 0 Å². The molecule has 0 bridgehead atoms. The number of benzene rings is 1. The Hall–Kier alpha value is -1.39. The van der Waals surface area contributed by atoms with Gasteiger partial charge in [-0.05, 0) is 18.9 Å². The first-order chi connectivity index (χ1) is 8.84. The Balaban J connectivity index is 1.87. The topological polar surface area (TPSA) is 48.1 Å². The monoisotopic (exact) mass is 260 g/mol. The van der Waals surface area contributed by atoms with E-state index >= 15 is 0 Å². The van der Waals surface area contributed by atoms with Crippen LogP contribution in [0.5, 0.6) is 0 Å². The van der Waals surface area contributed by atoms with E-state index in [-0.39, 0.29) is 0 Å². The Morgan fingerprint density at radius 1 is 1.22 bits per heavy atom. The second-order valence-electron chi connectivity index (χ2n) is 4.54. The van der Waals surface area contributed by atoms with Crippen LogP contribution in [-0.2, 0) is 4.74 Å². The Labute approximate surface area is 111 Å². The molecule has 0 radical (unpaired) electrons. The van der Waals surface area contributed by atoms with E-state index in [0.717, 1.165) is 43.0 Å². The maximum absolute atomic E-state index is 5.98. The van der Waals surface area contributed by atoms with E-state index in [4.69, 9.17) is 15.5 Å². The van der Waals surface area contributed by atoms with Crippen LogP contribution in [0.2, 0.25) is 0 Å². The quantitative estimate of drug-likeness (QED) is 0.843. The minimum absolute atomic E-state index is 0.558. The average molecular weight is 260 g/mol. The van der Waals surface area contributed by atoms with Gasteiger partial charge in [0.25, 0.3) is 0 Å².